The second-order valence-electron chi connectivity index (χ2n) is 4.59. The van der Waals surface area contributed by atoms with Crippen LogP contribution in [0.2, 0.25) is 0 Å². The molecular weight excluding hydrogens is 267 g/mol. The third-order valence-electron chi connectivity index (χ3n) is 3.04. The topological polar surface area (TPSA) is 22.1 Å². The average molecular weight is 283 g/mol. The van der Waals surface area contributed by atoms with E-state index in [1.54, 1.807) is 6.07 Å². The maximum absolute atomic E-state index is 12.6. The number of fused-ring (bicyclic) bond motifs is 1. The molecule has 2 aromatic rings. The van der Waals surface area contributed by atoms with Crippen molar-refractivity contribution in [2.45, 2.75) is 32.4 Å². The van der Waals surface area contributed by atoms with Gasteiger partial charge in [0, 0.05) is 11.6 Å². The van der Waals surface area contributed by atoms with Gasteiger partial charge in [0.05, 0.1) is 17.7 Å². The van der Waals surface area contributed by atoms with E-state index < -0.39 is 11.7 Å². The highest BCUT2D eigenvalue weighted by Crippen LogP contribution is 2.33. The van der Waals surface area contributed by atoms with Gasteiger partial charge in [-0.2, -0.15) is 13.2 Å². The minimum atomic E-state index is -4.35. The van der Waals surface area contributed by atoms with Gasteiger partial charge in [0.25, 0.3) is 0 Å². The minimum absolute atomic E-state index is 0.299. The molecule has 0 saturated heterocycles. The number of hydrogen-bond donors (Lipinski definition) is 0. The van der Waals surface area contributed by atoms with Gasteiger partial charge in [-0.1, -0.05) is 19.8 Å². The SMILES string of the molecule is CCCCCOc1ccnc2cc(C(F)(F)F)ccc12. The molecule has 0 radical (unpaired) electrons. The zero-order valence-electron chi connectivity index (χ0n) is 11.2. The molecule has 0 N–H and O–H groups in total. The number of unbranched alkanes of at least 4 members (excludes halogenated alkanes) is 2. The molecule has 2 nitrogen and oxygen atoms in total. The lowest BCUT2D eigenvalue weighted by Gasteiger charge is -2.11. The summed E-state index contributed by atoms with van der Waals surface area (Å²) in [6, 6.07) is 5.21. The number of rotatable bonds is 5. The van der Waals surface area contributed by atoms with Crippen LogP contribution in [0.1, 0.15) is 31.7 Å². The van der Waals surface area contributed by atoms with Crippen LogP contribution >= 0.6 is 0 Å². The molecule has 5 heteroatoms. The molecule has 1 aromatic carbocycles. The van der Waals surface area contributed by atoms with Crippen LogP contribution in [0.15, 0.2) is 30.5 Å². The minimum Gasteiger partial charge on any atom is -0.493 e. The fourth-order valence-electron chi connectivity index (χ4n) is 1.96. The largest absolute Gasteiger partial charge is 0.493 e. The molecule has 0 unspecified atom stereocenters. The maximum atomic E-state index is 12.6. The first kappa shape index (κ1) is 14.6. The lowest BCUT2D eigenvalue weighted by Crippen LogP contribution is -2.05. The zero-order valence-corrected chi connectivity index (χ0v) is 11.2. The quantitative estimate of drug-likeness (QED) is 0.734. The third-order valence-corrected chi connectivity index (χ3v) is 3.04. The van der Waals surface area contributed by atoms with E-state index in [1.807, 2.05) is 0 Å². The number of pyridine rings is 1. The average Bonchev–Trinajstić information content (AvgIpc) is 2.42. The molecule has 0 amide bonds. The molecule has 0 aliphatic carbocycles. The van der Waals surface area contributed by atoms with Crippen LogP contribution in [-0.2, 0) is 6.18 Å². The molecule has 20 heavy (non-hydrogen) atoms. The number of ether oxygens (including phenoxy) is 1. The number of aromatic nitrogens is 1. The summed E-state index contributed by atoms with van der Waals surface area (Å²) >= 11 is 0. The summed E-state index contributed by atoms with van der Waals surface area (Å²) in [5, 5.41) is 0.608. The highest BCUT2D eigenvalue weighted by molar-refractivity contribution is 5.85. The van der Waals surface area contributed by atoms with Crippen molar-refractivity contribution in [3.05, 3.63) is 36.0 Å². The molecule has 0 saturated carbocycles. The number of nitrogens with zero attached hydrogens (tertiary/aromatic N) is 1. The van der Waals surface area contributed by atoms with Gasteiger partial charge in [0.2, 0.25) is 0 Å². The van der Waals surface area contributed by atoms with Crippen molar-refractivity contribution in [3.63, 3.8) is 0 Å². The monoisotopic (exact) mass is 283 g/mol. The Kier molecular flexibility index (Phi) is 4.47. The molecule has 0 bridgehead atoms. The van der Waals surface area contributed by atoms with Crippen molar-refractivity contribution in [2.75, 3.05) is 6.61 Å². The Morgan fingerprint density at radius 2 is 1.95 bits per heavy atom. The number of halogens is 3. The van der Waals surface area contributed by atoms with Gasteiger partial charge < -0.3 is 4.74 Å². The standard InChI is InChI=1S/C15H16F3NO/c1-2-3-4-9-20-14-7-8-19-13-10-11(15(16,17)18)5-6-12(13)14/h5-8,10H,2-4,9H2,1H3. The fraction of sp³-hybridized carbons (Fsp3) is 0.400. The zero-order chi connectivity index (χ0) is 14.6. The second-order valence-corrected chi connectivity index (χ2v) is 4.59. The first-order chi connectivity index (χ1) is 9.52. The van der Waals surface area contributed by atoms with Crippen LogP contribution in [-0.4, -0.2) is 11.6 Å². The van der Waals surface area contributed by atoms with Gasteiger partial charge in [-0.25, -0.2) is 0 Å². The normalized spacial score (nSPS) is 11.8. The van der Waals surface area contributed by atoms with Crippen molar-refractivity contribution in [1.29, 1.82) is 0 Å². The van der Waals surface area contributed by atoms with Crippen LogP contribution in [0.3, 0.4) is 0 Å². The Hall–Kier alpha value is -1.78. The van der Waals surface area contributed by atoms with Gasteiger partial charge in [-0.15, -0.1) is 0 Å². The Balaban J connectivity index is 2.24. The van der Waals surface area contributed by atoms with E-state index in [4.69, 9.17) is 4.74 Å². The first-order valence-corrected chi connectivity index (χ1v) is 6.61. The number of alkyl halides is 3. The summed E-state index contributed by atoms with van der Waals surface area (Å²) in [6.45, 7) is 2.66. The Labute approximate surface area is 115 Å². The molecule has 108 valence electrons. The second kappa shape index (κ2) is 6.11. The van der Waals surface area contributed by atoms with Crippen LogP contribution in [0, 0.1) is 0 Å². The predicted octanol–water partition coefficient (Wildman–Crippen LogP) is 4.82. The van der Waals surface area contributed by atoms with Crippen molar-refractivity contribution in [2.24, 2.45) is 0 Å². The highest BCUT2D eigenvalue weighted by Gasteiger charge is 2.30. The van der Waals surface area contributed by atoms with E-state index in [0.29, 0.717) is 23.3 Å². The number of hydrogen-bond acceptors (Lipinski definition) is 2. The highest BCUT2D eigenvalue weighted by atomic mass is 19.4. The molecular formula is C15H16F3NO. The Morgan fingerprint density at radius 3 is 2.65 bits per heavy atom. The molecule has 0 spiro atoms. The maximum Gasteiger partial charge on any atom is 0.416 e. The summed E-state index contributed by atoms with van der Waals surface area (Å²) in [5.74, 6) is 0.583. The lowest BCUT2D eigenvalue weighted by molar-refractivity contribution is -0.137. The molecule has 2 rings (SSSR count). The Bertz CT molecular complexity index is 581. The van der Waals surface area contributed by atoms with E-state index in [9.17, 15) is 13.2 Å². The summed E-state index contributed by atoms with van der Waals surface area (Å²) < 4.78 is 43.6. The third kappa shape index (κ3) is 3.40. The Morgan fingerprint density at radius 1 is 1.15 bits per heavy atom. The summed E-state index contributed by atoms with van der Waals surface area (Å²) in [4.78, 5) is 3.98. The summed E-state index contributed by atoms with van der Waals surface area (Å²) in [7, 11) is 0. The summed E-state index contributed by atoms with van der Waals surface area (Å²) in [6.07, 6.45) is 0.211. The van der Waals surface area contributed by atoms with E-state index in [1.165, 1.54) is 12.3 Å². The molecule has 0 fully saturated rings. The smallest absolute Gasteiger partial charge is 0.416 e. The van der Waals surface area contributed by atoms with Crippen molar-refractivity contribution in [1.82, 2.24) is 4.98 Å². The van der Waals surface area contributed by atoms with Crippen molar-refractivity contribution in [3.8, 4) is 5.75 Å². The van der Waals surface area contributed by atoms with Crippen LogP contribution < -0.4 is 4.74 Å². The van der Waals surface area contributed by atoms with E-state index in [-0.39, 0.29) is 0 Å². The van der Waals surface area contributed by atoms with Gasteiger partial charge in [0.1, 0.15) is 5.75 Å². The van der Waals surface area contributed by atoms with Gasteiger partial charge in [-0.3, -0.25) is 4.98 Å². The molecule has 1 aromatic heterocycles. The summed E-state index contributed by atoms with van der Waals surface area (Å²) in [5.41, 5.74) is -0.395. The van der Waals surface area contributed by atoms with Crippen molar-refractivity contribution < 1.29 is 17.9 Å². The van der Waals surface area contributed by atoms with E-state index >= 15 is 0 Å². The molecule has 1 heterocycles. The first-order valence-electron chi connectivity index (χ1n) is 6.61. The van der Waals surface area contributed by atoms with Crippen LogP contribution in [0.5, 0.6) is 5.75 Å². The van der Waals surface area contributed by atoms with Gasteiger partial charge >= 0.3 is 6.18 Å². The fourth-order valence-corrected chi connectivity index (χ4v) is 1.96. The van der Waals surface area contributed by atoms with Crippen LogP contribution in [0.4, 0.5) is 13.2 Å². The van der Waals surface area contributed by atoms with Gasteiger partial charge in [-0.05, 0) is 30.7 Å². The van der Waals surface area contributed by atoms with Gasteiger partial charge in [0.15, 0.2) is 0 Å². The van der Waals surface area contributed by atoms with E-state index in [0.717, 1.165) is 31.4 Å². The molecule has 0 atom stereocenters. The molecule has 0 aliphatic rings. The molecule has 0 aliphatic heterocycles. The van der Waals surface area contributed by atoms with Crippen molar-refractivity contribution >= 4 is 10.9 Å². The predicted molar refractivity (Wildman–Crippen MR) is 71.8 cm³/mol. The lowest BCUT2D eigenvalue weighted by atomic mass is 10.1. The van der Waals surface area contributed by atoms with E-state index in [2.05, 4.69) is 11.9 Å². The van der Waals surface area contributed by atoms with Crippen LogP contribution in [0.25, 0.3) is 10.9 Å². The number of benzene rings is 1.